The topological polar surface area (TPSA) is 9.23 Å². The molecule has 1 nitrogen and oxygen atoms in total. The third-order valence-corrected chi connectivity index (χ3v) is 4.10. The largest absolute Gasteiger partial charge is 0.378 e. The second kappa shape index (κ2) is 2.22. The summed E-state index contributed by atoms with van der Waals surface area (Å²) in [5, 5.41) is 0. The normalized spacial score (nSPS) is 55.4. The van der Waals surface area contributed by atoms with Crippen molar-refractivity contribution in [2.24, 2.45) is 17.8 Å². The molecule has 0 heterocycles. The van der Waals surface area contributed by atoms with E-state index in [-0.39, 0.29) is 5.60 Å². The van der Waals surface area contributed by atoms with Gasteiger partial charge < -0.3 is 4.74 Å². The van der Waals surface area contributed by atoms with E-state index in [1.54, 1.807) is 0 Å². The van der Waals surface area contributed by atoms with E-state index < -0.39 is 0 Å². The number of ether oxygens (including phenoxy) is 1. The van der Waals surface area contributed by atoms with Gasteiger partial charge in [-0.1, -0.05) is 6.92 Å². The van der Waals surface area contributed by atoms with Crippen molar-refractivity contribution in [3.8, 4) is 0 Å². The van der Waals surface area contributed by atoms with Crippen LogP contribution in [0, 0.1) is 17.8 Å². The first kappa shape index (κ1) is 7.60. The van der Waals surface area contributed by atoms with E-state index in [9.17, 15) is 0 Å². The monoisotopic (exact) mass is 154 g/mol. The van der Waals surface area contributed by atoms with Gasteiger partial charge in [-0.15, -0.1) is 0 Å². The van der Waals surface area contributed by atoms with E-state index >= 15 is 0 Å². The SMILES string of the molecule is CO[C@@]1(C)CCC2C(C)CC21. The van der Waals surface area contributed by atoms with E-state index in [2.05, 4.69) is 13.8 Å². The van der Waals surface area contributed by atoms with Crippen LogP contribution in [0.1, 0.15) is 33.1 Å². The van der Waals surface area contributed by atoms with Crippen LogP contribution in [0.15, 0.2) is 0 Å². The van der Waals surface area contributed by atoms with Gasteiger partial charge in [0, 0.05) is 7.11 Å². The van der Waals surface area contributed by atoms with Crippen molar-refractivity contribution in [2.75, 3.05) is 7.11 Å². The van der Waals surface area contributed by atoms with Crippen molar-refractivity contribution in [2.45, 2.75) is 38.7 Å². The lowest BCUT2D eigenvalue weighted by molar-refractivity contribution is -0.0770. The summed E-state index contributed by atoms with van der Waals surface area (Å²) >= 11 is 0. The average molecular weight is 154 g/mol. The number of methoxy groups -OCH3 is 1. The maximum absolute atomic E-state index is 5.58. The summed E-state index contributed by atoms with van der Waals surface area (Å²) in [4.78, 5) is 0. The van der Waals surface area contributed by atoms with Gasteiger partial charge in [-0.25, -0.2) is 0 Å². The molecule has 0 bridgehead atoms. The van der Waals surface area contributed by atoms with Crippen molar-refractivity contribution in [1.29, 1.82) is 0 Å². The first-order valence-corrected chi connectivity index (χ1v) is 4.72. The highest BCUT2D eigenvalue weighted by Crippen LogP contribution is 2.56. The highest BCUT2D eigenvalue weighted by Gasteiger charge is 2.53. The minimum Gasteiger partial charge on any atom is -0.378 e. The molecule has 2 aliphatic carbocycles. The minimum atomic E-state index is 0.233. The van der Waals surface area contributed by atoms with E-state index in [0.717, 1.165) is 17.8 Å². The number of rotatable bonds is 1. The zero-order chi connectivity index (χ0) is 8.06. The smallest absolute Gasteiger partial charge is 0.0681 e. The second-order valence-corrected chi connectivity index (χ2v) is 4.54. The molecule has 0 aromatic heterocycles. The van der Waals surface area contributed by atoms with Crippen molar-refractivity contribution < 1.29 is 4.74 Å². The first-order valence-electron chi connectivity index (χ1n) is 4.72. The summed E-state index contributed by atoms with van der Waals surface area (Å²) in [7, 11) is 1.87. The predicted molar refractivity (Wildman–Crippen MR) is 45.4 cm³/mol. The van der Waals surface area contributed by atoms with Crippen LogP contribution in [0.5, 0.6) is 0 Å². The Hall–Kier alpha value is -0.0400. The molecule has 3 unspecified atom stereocenters. The summed E-state index contributed by atoms with van der Waals surface area (Å²) in [6.45, 7) is 4.66. The van der Waals surface area contributed by atoms with Crippen molar-refractivity contribution in [1.82, 2.24) is 0 Å². The Kier molecular flexibility index (Phi) is 1.54. The third-order valence-electron chi connectivity index (χ3n) is 4.10. The van der Waals surface area contributed by atoms with Gasteiger partial charge in [0.25, 0.3) is 0 Å². The van der Waals surface area contributed by atoms with Gasteiger partial charge in [0.15, 0.2) is 0 Å². The Balaban J connectivity index is 2.09. The highest BCUT2D eigenvalue weighted by atomic mass is 16.5. The predicted octanol–water partition coefficient (Wildman–Crippen LogP) is 2.46. The lowest BCUT2D eigenvalue weighted by Gasteiger charge is -2.44. The Labute approximate surface area is 69.1 Å². The van der Waals surface area contributed by atoms with Crippen LogP contribution in [0.25, 0.3) is 0 Å². The molecule has 0 aromatic rings. The Morgan fingerprint density at radius 2 is 2.18 bits per heavy atom. The fraction of sp³-hybridized carbons (Fsp3) is 1.00. The molecule has 0 spiro atoms. The zero-order valence-electron chi connectivity index (χ0n) is 7.76. The summed E-state index contributed by atoms with van der Waals surface area (Å²) in [5.41, 5.74) is 0.233. The summed E-state index contributed by atoms with van der Waals surface area (Å²) in [6.07, 6.45) is 4.08. The molecule has 4 atom stereocenters. The van der Waals surface area contributed by atoms with Gasteiger partial charge in [0.2, 0.25) is 0 Å². The van der Waals surface area contributed by atoms with Crippen molar-refractivity contribution in [3.05, 3.63) is 0 Å². The molecule has 0 radical (unpaired) electrons. The Bertz CT molecular complexity index is 166. The van der Waals surface area contributed by atoms with Gasteiger partial charge in [0.1, 0.15) is 0 Å². The maximum Gasteiger partial charge on any atom is 0.0681 e. The molecular formula is C10H18O. The average Bonchev–Trinajstić information content (AvgIpc) is 2.24. The van der Waals surface area contributed by atoms with Crippen LogP contribution >= 0.6 is 0 Å². The zero-order valence-corrected chi connectivity index (χ0v) is 7.76. The third kappa shape index (κ3) is 0.868. The van der Waals surface area contributed by atoms with Crippen LogP contribution in [-0.2, 0) is 4.74 Å². The Morgan fingerprint density at radius 1 is 1.45 bits per heavy atom. The quantitative estimate of drug-likeness (QED) is 0.563. The standard InChI is InChI=1S/C10H18O/c1-7-6-9-8(7)4-5-10(9,2)11-3/h7-9H,4-6H2,1-3H3/t7?,8?,9?,10-/m0/s1. The molecule has 0 aliphatic heterocycles. The number of hydrogen-bond acceptors (Lipinski definition) is 1. The lowest BCUT2D eigenvalue weighted by Crippen LogP contribution is -2.43. The molecule has 2 aliphatic rings. The van der Waals surface area contributed by atoms with E-state index in [4.69, 9.17) is 4.74 Å². The van der Waals surface area contributed by atoms with Crippen molar-refractivity contribution >= 4 is 0 Å². The number of fused-ring (bicyclic) bond motifs is 1. The van der Waals surface area contributed by atoms with Gasteiger partial charge in [0.05, 0.1) is 5.60 Å². The molecule has 0 saturated heterocycles. The van der Waals surface area contributed by atoms with Crippen molar-refractivity contribution in [3.63, 3.8) is 0 Å². The highest BCUT2D eigenvalue weighted by molar-refractivity contribution is 5.03. The molecule has 64 valence electrons. The van der Waals surface area contributed by atoms with E-state index in [1.165, 1.54) is 19.3 Å². The fourth-order valence-corrected chi connectivity index (χ4v) is 3.03. The second-order valence-electron chi connectivity index (χ2n) is 4.54. The number of hydrogen-bond donors (Lipinski definition) is 0. The van der Waals surface area contributed by atoms with Crippen LogP contribution in [0.4, 0.5) is 0 Å². The van der Waals surface area contributed by atoms with Crippen LogP contribution in [0.2, 0.25) is 0 Å². The molecule has 11 heavy (non-hydrogen) atoms. The molecule has 2 rings (SSSR count). The van der Waals surface area contributed by atoms with Crippen LogP contribution < -0.4 is 0 Å². The van der Waals surface area contributed by atoms with Crippen LogP contribution in [-0.4, -0.2) is 12.7 Å². The first-order chi connectivity index (χ1) is 5.17. The molecule has 2 fully saturated rings. The lowest BCUT2D eigenvalue weighted by atomic mass is 9.64. The molecular weight excluding hydrogens is 136 g/mol. The summed E-state index contributed by atoms with van der Waals surface area (Å²) in [5.74, 6) is 2.83. The molecule has 2 saturated carbocycles. The summed E-state index contributed by atoms with van der Waals surface area (Å²) < 4.78 is 5.58. The molecule has 0 N–H and O–H groups in total. The minimum absolute atomic E-state index is 0.233. The fourth-order valence-electron chi connectivity index (χ4n) is 3.03. The van der Waals surface area contributed by atoms with Gasteiger partial charge >= 0.3 is 0 Å². The Morgan fingerprint density at radius 3 is 2.64 bits per heavy atom. The van der Waals surface area contributed by atoms with Gasteiger partial charge in [-0.2, -0.15) is 0 Å². The molecule has 0 aromatic carbocycles. The van der Waals surface area contributed by atoms with Gasteiger partial charge in [-0.3, -0.25) is 0 Å². The molecule has 1 heteroatoms. The van der Waals surface area contributed by atoms with Gasteiger partial charge in [-0.05, 0) is 43.9 Å². The van der Waals surface area contributed by atoms with E-state index in [1.807, 2.05) is 7.11 Å². The summed E-state index contributed by atoms with van der Waals surface area (Å²) in [6, 6.07) is 0. The van der Waals surface area contributed by atoms with Crippen LogP contribution in [0.3, 0.4) is 0 Å². The maximum atomic E-state index is 5.58. The van der Waals surface area contributed by atoms with E-state index in [0.29, 0.717) is 0 Å². The molecule has 0 amide bonds.